The van der Waals surface area contributed by atoms with Crippen LogP contribution in [-0.4, -0.2) is 63.3 Å². The molecule has 1 saturated heterocycles. The summed E-state index contributed by atoms with van der Waals surface area (Å²) in [7, 11) is -6.07. The average Bonchev–Trinajstić information content (AvgIpc) is 3.36. The van der Waals surface area contributed by atoms with Gasteiger partial charge in [-0.15, -0.1) is 0 Å². The molecule has 1 fully saturated rings. The van der Waals surface area contributed by atoms with Crippen molar-refractivity contribution in [3.05, 3.63) is 16.9 Å². The van der Waals surface area contributed by atoms with E-state index in [0.717, 1.165) is 0 Å². The molecule has 0 unspecified atom stereocenters. The fourth-order valence-electron chi connectivity index (χ4n) is 4.25. The van der Waals surface area contributed by atoms with Crippen LogP contribution in [0.4, 0.5) is 5.95 Å². The molecule has 1 aliphatic rings. The number of fused-ring (bicyclic) bond motifs is 1. The molecule has 0 bridgehead atoms. The molecule has 3 rings (SSSR count). The van der Waals surface area contributed by atoms with Crippen molar-refractivity contribution < 1.29 is 18.7 Å². The third-order valence-electron chi connectivity index (χ3n) is 10.3. The zero-order chi connectivity index (χ0) is 32.3. The summed E-state index contributed by atoms with van der Waals surface area (Å²) in [5, 5.41) is 11.5. The third kappa shape index (κ3) is 7.35. The Morgan fingerprint density at radius 2 is 1.52 bits per heavy atom. The van der Waals surface area contributed by atoms with Gasteiger partial charge in [0.2, 0.25) is 5.95 Å². The number of aromatic nitrogens is 3. The van der Waals surface area contributed by atoms with E-state index >= 15 is 0 Å². The van der Waals surface area contributed by atoms with E-state index in [-0.39, 0.29) is 40.2 Å². The summed E-state index contributed by atoms with van der Waals surface area (Å²) in [5.41, 5.74) is 1.34. The van der Waals surface area contributed by atoms with Gasteiger partial charge < -0.3 is 28.2 Å². The normalized spacial score (nSPS) is 21.4. The second kappa shape index (κ2) is 11.9. The summed E-state index contributed by atoms with van der Waals surface area (Å²) < 4.78 is 22.5. The maximum Gasteiger partial charge on any atom is 0.218 e. The lowest BCUT2D eigenvalue weighted by atomic mass is 10.2. The highest BCUT2D eigenvalue weighted by Crippen LogP contribution is 2.44. The van der Waals surface area contributed by atoms with E-state index in [1.165, 1.54) is 0 Å². The summed E-state index contributed by atoms with van der Waals surface area (Å²) in [6.07, 6.45) is 1.86. The van der Waals surface area contributed by atoms with Gasteiger partial charge in [-0.05, 0) is 41.3 Å². The monoisotopic (exact) mass is 656 g/mol. The highest BCUT2D eigenvalue weighted by Gasteiger charge is 2.47. The average molecular weight is 658 g/mol. The maximum atomic E-state index is 10.3. The van der Waals surface area contributed by atoms with Crippen molar-refractivity contribution in [3.8, 4) is 0 Å². The predicted molar refractivity (Wildman–Crippen MR) is 183 cm³/mol. The fourth-order valence-corrected chi connectivity index (χ4v) is 7.95. The van der Waals surface area contributed by atoms with Gasteiger partial charge in [-0.1, -0.05) is 87.0 Å². The van der Waals surface area contributed by atoms with Crippen molar-refractivity contribution in [2.75, 3.05) is 11.6 Å². The predicted octanol–water partition coefficient (Wildman–Crippen LogP) is 8.69. The van der Waals surface area contributed by atoms with Gasteiger partial charge in [0.15, 0.2) is 24.9 Å². The van der Waals surface area contributed by atoms with E-state index < -0.39 is 24.9 Å². The SMILES string of the molecule is CC(C)(C)[Si](C)(C)Nc1nc(Cl)c2c(CO)cn([C@@H]3C[C@H](O[Si](C)(C)C(C)(C)C)[C@@H](CO[Si](C)(C)C(C)(C)C)O3)c2n1. The lowest BCUT2D eigenvalue weighted by Crippen LogP contribution is -2.48. The standard InChI is InChI=1S/C30H57ClN4O4Si3/c1-28(2,3)40(10,11)34-27-32-25(31)24-20(18-36)17-35(26(24)33-27)23-16-21(39-42(14,15)30(7,8)9)22(38-23)19-37-41(12,13)29(4,5)6/h17,21-23,36H,16,18-19H2,1-15H3,(H,32,33,34)/t21-,22+,23-/m0/s1. The molecule has 1 aliphatic heterocycles. The van der Waals surface area contributed by atoms with Crippen molar-refractivity contribution in [2.24, 2.45) is 0 Å². The first-order valence-corrected chi connectivity index (χ1v) is 24.4. The van der Waals surface area contributed by atoms with Crippen LogP contribution in [0.5, 0.6) is 0 Å². The number of nitrogens with zero attached hydrogens (tertiary/aromatic N) is 3. The molecule has 0 saturated carbocycles. The van der Waals surface area contributed by atoms with E-state index in [9.17, 15) is 5.11 Å². The zero-order valence-corrected chi connectivity index (χ0v) is 32.6. The van der Waals surface area contributed by atoms with Gasteiger partial charge in [-0.25, -0.2) is 4.98 Å². The molecular formula is C30H57ClN4O4Si3. The van der Waals surface area contributed by atoms with Crippen LogP contribution < -0.4 is 4.98 Å². The van der Waals surface area contributed by atoms with Gasteiger partial charge in [-0.2, -0.15) is 4.98 Å². The smallest absolute Gasteiger partial charge is 0.218 e. The maximum absolute atomic E-state index is 10.3. The Labute approximate surface area is 262 Å². The molecule has 0 spiro atoms. The fraction of sp³-hybridized carbons (Fsp3) is 0.800. The van der Waals surface area contributed by atoms with Crippen LogP contribution in [0.1, 0.15) is 80.5 Å². The molecule has 42 heavy (non-hydrogen) atoms. The summed E-state index contributed by atoms with van der Waals surface area (Å²) in [6.45, 7) is 34.2. The van der Waals surface area contributed by atoms with Gasteiger partial charge in [0.25, 0.3) is 0 Å². The molecular weight excluding hydrogens is 600 g/mol. The van der Waals surface area contributed by atoms with Gasteiger partial charge in [0.1, 0.15) is 23.1 Å². The second-order valence-electron chi connectivity index (χ2n) is 16.6. The highest BCUT2D eigenvalue weighted by atomic mass is 35.5. The van der Waals surface area contributed by atoms with E-state index in [2.05, 4.69) is 112 Å². The van der Waals surface area contributed by atoms with Crippen LogP contribution in [-0.2, 0) is 20.2 Å². The first-order chi connectivity index (χ1) is 18.8. The number of aliphatic hydroxyl groups is 1. The van der Waals surface area contributed by atoms with Crippen LogP contribution in [0.2, 0.25) is 59.5 Å². The van der Waals surface area contributed by atoms with Crippen molar-refractivity contribution in [1.29, 1.82) is 0 Å². The minimum atomic E-state index is -2.10. The Morgan fingerprint density at radius 3 is 2.02 bits per heavy atom. The van der Waals surface area contributed by atoms with Crippen molar-refractivity contribution >= 4 is 53.5 Å². The van der Waals surface area contributed by atoms with Gasteiger partial charge >= 0.3 is 0 Å². The van der Waals surface area contributed by atoms with Crippen molar-refractivity contribution in [2.45, 2.75) is 148 Å². The first kappa shape index (κ1) is 35.7. The number of halogens is 1. The van der Waals surface area contributed by atoms with Crippen molar-refractivity contribution in [3.63, 3.8) is 0 Å². The Morgan fingerprint density at radius 1 is 0.952 bits per heavy atom. The van der Waals surface area contributed by atoms with E-state index in [1.54, 1.807) is 0 Å². The minimum absolute atomic E-state index is 0.0607. The number of hydrogen-bond donors (Lipinski definition) is 2. The number of aliphatic hydroxyl groups excluding tert-OH is 1. The van der Waals surface area contributed by atoms with E-state index in [4.69, 9.17) is 30.2 Å². The minimum Gasteiger partial charge on any atom is -0.414 e. The molecule has 2 N–H and O–H groups in total. The van der Waals surface area contributed by atoms with E-state index in [1.807, 2.05) is 10.8 Å². The lowest BCUT2D eigenvalue weighted by molar-refractivity contribution is -0.0382. The summed E-state index contributed by atoms with van der Waals surface area (Å²) in [4.78, 5) is 13.2. The highest BCUT2D eigenvalue weighted by molar-refractivity contribution is 6.82. The molecule has 2 aromatic heterocycles. The lowest BCUT2D eigenvalue weighted by Gasteiger charge is -2.40. The Hall–Kier alpha value is -0.799. The summed E-state index contributed by atoms with van der Waals surface area (Å²) in [6, 6.07) is 0. The number of hydrogen-bond acceptors (Lipinski definition) is 7. The third-order valence-corrected chi connectivity index (χ3v) is 24.2. The molecule has 8 nitrogen and oxygen atoms in total. The van der Waals surface area contributed by atoms with Gasteiger partial charge in [0, 0.05) is 18.2 Å². The van der Waals surface area contributed by atoms with Crippen LogP contribution in [0.15, 0.2) is 6.20 Å². The Kier molecular flexibility index (Phi) is 10.1. The van der Waals surface area contributed by atoms with Crippen LogP contribution in [0, 0.1) is 0 Å². The van der Waals surface area contributed by atoms with Crippen LogP contribution in [0.25, 0.3) is 11.0 Å². The number of rotatable bonds is 9. The number of nitrogens with one attached hydrogen (secondary N) is 1. The molecule has 0 radical (unpaired) electrons. The zero-order valence-electron chi connectivity index (χ0n) is 28.8. The van der Waals surface area contributed by atoms with Gasteiger partial charge in [-0.3, -0.25) is 0 Å². The number of ether oxygens (including phenoxy) is 1. The molecule has 2 aromatic rings. The van der Waals surface area contributed by atoms with Gasteiger partial charge in [0.05, 0.1) is 24.7 Å². The molecule has 12 heteroatoms. The second-order valence-corrected chi connectivity index (χ2v) is 31.5. The summed E-state index contributed by atoms with van der Waals surface area (Å²) >= 11 is 6.77. The Bertz CT molecular complexity index is 1260. The molecule has 0 aromatic carbocycles. The van der Waals surface area contributed by atoms with E-state index in [0.29, 0.717) is 40.7 Å². The first-order valence-electron chi connectivity index (χ1n) is 15.2. The number of anilines is 1. The Balaban J connectivity index is 2.05. The van der Waals surface area contributed by atoms with Crippen LogP contribution >= 0.6 is 11.6 Å². The largest absolute Gasteiger partial charge is 0.414 e. The quantitative estimate of drug-likeness (QED) is 0.206. The van der Waals surface area contributed by atoms with Crippen molar-refractivity contribution in [1.82, 2.24) is 14.5 Å². The molecule has 3 heterocycles. The molecule has 0 aliphatic carbocycles. The molecule has 3 atom stereocenters. The molecule has 240 valence electrons. The van der Waals surface area contributed by atoms with Crippen LogP contribution in [0.3, 0.4) is 0 Å². The molecule has 0 amide bonds. The summed E-state index contributed by atoms with van der Waals surface area (Å²) in [5.74, 6) is 0.507. The topological polar surface area (TPSA) is 90.7 Å².